The van der Waals surface area contributed by atoms with E-state index in [-0.39, 0.29) is 6.42 Å². The fraction of sp³-hybridized carbons (Fsp3) is 0.750. The number of hydrogen-bond donors (Lipinski definition) is 3. The maximum absolute atomic E-state index is 11.7. The highest BCUT2D eigenvalue weighted by molar-refractivity contribution is 5.86. The molecule has 0 saturated carbocycles. The van der Waals surface area contributed by atoms with Crippen LogP contribution in [0.5, 0.6) is 0 Å². The van der Waals surface area contributed by atoms with Crippen molar-refractivity contribution < 1.29 is 24.6 Å². The van der Waals surface area contributed by atoms with Crippen LogP contribution in [0.25, 0.3) is 0 Å². The smallest absolute Gasteiger partial charge is 0.326 e. The summed E-state index contributed by atoms with van der Waals surface area (Å²) < 4.78 is 0. The maximum Gasteiger partial charge on any atom is 0.326 e. The van der Waals surface area contributed by atoms with Gasteiger partial charge >= 0.3 is 11.9 Å². The molecule has 0 aliphatic heterocycles. The van der Waals surface area contributed by atoms with Crippen molar-refractivity contribution in [2.24, 2.45) is 0 Å². The Hall–Kier alpha value is -1.85. The van der Waals surface area contributed by atoms with E-state index in [1.54, 1.807) is 0 Å². The molecule has 0 radical (unpaired) electrons. The van der Waals surface area contributed by atoms with Crippen LogP contribution in [0, 0.1) is 0 Å². The van der Waals surface area contributed by atoms with E-state index < -0.39 is 30.3 Å². The first-order valence-electron chi connectivity index (χ1n) is 9.86. The van der Waals surface area contributed by atoms with Crippen LogP contribution in [0.15, 0.2) is 12.2 Å². The van der Waals surface area contributed by atoms with Gasteiger partial charge in [-0.05, 0) is 32.1 Å². The Morgan fingerprint density at radius 3 is 1.92 bits per heavy atom. The lowest BCUT2D eigenvalue weighted by molar-refractivity contribution is -0.147. The molecule has 0 fully saturated rings. The molecular formula is C20H35NO5. The molecule has 6 nitrogen and oxygen atoms in total. The number of unbranched alkanes of at least 4 members (excludes halogenated alkanes) is 9. The molecule has 0 aromatic heterocycles. The fourth-order valence-electron chi connectivity index (χ4n) is 2.64. The van der Waals surface area contributed by atoms with Crippen LogP contribution in [0.1, 0.15) is 90.4 Å². The SMILES string of the molecule is CCCCCC/C=C\CCCCCCCC(=O)N[C@@H](CC(=O)O)C(=O)O. The van der Waals surface area contributed by atoms with Gasteiger partial charge in [0.2, 0.25) is 5.91 Å². The number of carboxylic acids is 2. The van der Waals surface area contributed by atoms with Crippen molar-refractivity contribution in [3.8, 4) is 0 Å². The minimum absolute atomic E-state index is 0.237. The molecule has 0 unspecified atom stereocenters. The lowest BCUT2D eigenvalue weighted by Gasteiger charge is -2.12. The lowest BCUT2D eigenvalue weighted by atomic mass is 10.1. The molecule has 3 N–H and O–H groups in total. The molecule has 0 aromatic carbocycles. The summed E-state index contributed by atoms with van der Waals surface area (Å²) in [4.78, 5) is 33.1. The largest absolute Gasteiger partial charge is 0.481 e. The number of hydrogen-bond acceptors (Lipinski definition) is 3. The molecule has 1 atom stereocenters. The Kier molecular flexibility index (Phi) is 15.4. The third kappa shape index (κ3) is 15.7. The number of nitrogens with one attached hydrogen (secondary N) is 1. The fourth-order valence-corrected chi connectivity index (χ4v) is 2.64. The molecule has 0 rings (SSSR count). The van der Waals surface area contributed by atoms with Crippen LogP contribution in [-0.4, -0.2) is 34.1 Å². The van der Waals surface area contributed by atoms with Gasteiger partial charge in [-0.2, -0.15) is 0 Å². The number of rotatable bonds is 17. The number of carbonyl (C=O) groups excluding carboxylic acids is 1. The summed E-state index contributed by atoms with van der Waals surface area (Å²) in [6.07, 6.45) is 16.6. The van der Waals surface area contributed by atoms with E-state index in [1.165, 1.54) is 32.1 Å². The second kappa shape index (κ2) is 16.6. The van der Waals surface area contributed by atoms with Crippen molar-refractivity contribution in [3.63, 3.8) is 0 Å². The van der Waals surface area contributed by atoms with Crippen molar-refractivity contribution in [3.05, 3.63) is 12.2 Å². The van der Waals surface area contributed by atoms with Crippen molar-refractivity contribution in [1.82, 2.24) is 5.32 Å². The van der Waals surface area contributed by atoms with Gasteiger partial charge in [-0.25, -0.2) is 4.79 Å². The Bertz CT molecular complexity index is 434. The average molecular weight is 370 g/mol. The van der Waals surface area contributed by atoms with Crippen molar-refractivity contribution >= 4 is 17.8 Å². The van der Waals surface area contributed by atoms with Gasteiger partial charge in [0.25, 0.3) is 0 Å². The number of amides is 1. The molecule has 26 heavy (non-hydrogen) atoms. The molecule has 0 aliphatic rings. The van der Waals surface area contributed by atoms with Crippen LogP contribution in [0.4, 0.5) is 0 Å². The highest BCUT2D eigenvalue weighted by Crippen LogP contribution is 2.09. The Labute approximate surface area is 157 Å². The van der Waals surface area contributed by atoms with E-state index >= 15 is 0 Å². The minimum Gasteiger partial charge on any atom is -0.481 e. The number of allylic oxidation sites excluding steroid dienone is 2. The topological polar surface area (TPSA) is 104 Å². The number of carboxylic acid groups (broad SMARTS) is 2. The summed E-state index contributed by atoms with van der Waals surface area (Å²) in [7, 11) is 0. The van der Waals surface area contributed by atoms with Gasteiger partial charge < -0.3 is 15.5 Å². The summed E-state index contributed by atoms with van der Waals surface area (Å²) in [6, 6.07) is -1.35. The zero-order valence-electron chi connectivity index (χ0n) is 16.0. The summed E-state index contributed by atoms with van der Waals surface area (Å²) >= 11 is 0. The quantitative estimate of drug-likeness (QED) is 0.262. The molecule has 0 aromatic rings. The van der Waals surface area contributed by atoms with Crippen molar-refractivity contribution in [1.29, 1.82) is 0 Å². The van der Waals surface area contributed by atoms with E-state index in [0.29, 0.717) is 6.42 Å². The van der Waals surface area contributed by atoms with Crippen molar-refractivity contribution in [2.45, 2.75) is 96.4 Å². The van der Waals surface area contributed by atoms with Crippen LogP contribution < -0.4 is 5.32 Å². The summed E-state index contributed by atoms with van der Waals surface area (Å²) in [5.41, 5.74) is 0. The minimum atomic E-state index is -1.35. The molecular weight excluding hydrogens is 334 g/mol. The zero-order valence-corrected chi connectivity index (χ0v) is 16.0. The third-order valence-electron chi connectivity index (χ3n) is 4.18. The molecule has 0 bridgehead atoms. The normalized spacial score (nSPS) is 12.2. The molecule has 150 valence electrons. The Balaban J connectivity index is 3.56. The zero-order chi connectivity index (χ0) is 19.6. The van der Waals surface area contributed by atoms with E-state index in [4.69, 9.17) is 10.2 Å². The van der Waals surface area contributed by atoms with Crippen LogP contribution in [0.3, 0.4) is 0 Å². The van der Waals surface area contributed by atoms with Crippen LogP contribution >= 0.6 is 0 Å². The summed E-state index contributed by atoms with van der Waals surface area (Å²) in [6.45, 7) is 2.22. The summed E-state index contributed by atoms with van der Waals surface area (Å²) in [5.74, 6) is -2.96. The highest BCUT2D eigenvalue weighted by atomic mass is 16.4. The standard InChI is InChI=1S/C20H35NO5/c1-2-3-4-5-6-7-8-9-10-11-12-13-14-15-18(22)21-17(20(25)26)16-19(23)24/h7-8,17H,2-6,9-16H2,1H3,(H,21,22)(H,23,24)(H,25,26)/b8-7-/t17-/m0/s1. The first-order chi connectivity index (χ1) is 12.5. The highest BCUT2D eigenvalue weighted by Gasteiger charge is 2.22. The molecule has 0 saturated heterocycles. The third-order valence-corrected chi connectivity index (χ3v) is 4.18. The van der Waals surface area contributed by atoms with Crippen molar-refractivity contribution in [2.75, 3.05) is 0 Å². The summed E-state index contributed by atoms with van der Waals surface area (Å²) in [5, 5.41) is 19.8. The second-order valence-corrected chi connectivity index (χ2v) is 6.68. The maximum atomic E-state index is 11.7. The predicted octanol–water partition coefficient (Wildman–Crippen LogP) is 4.29. The van der Waals surface area contributed by atoms with E-state index in [0.717, 1.165) is 32.1 Å². The van der Waals surface area contributed by atoms with Crippen LogP contribution in [0.2, 0.25) is 0 Å². The van der Waals surface area contributed by atoms with Gasteiger partial charge in [-0.3, -0.25) is 9.59 Å². The first kappa shape index (κ1) is 24.1. The molecule has 1 amide bonds. The Morgan fingerprint density at radius 1 is 0.846 bits per heavy atom. The average Bonchev–Trinajstić information content (AvgIpc) is 2.58. The van der Waals surface area contributed by atoms with Gasteiger partial charge in [-0.1, -0.05) is 57.6 Å². The van der Waals surface area contributed by atoms with Crippen LogP contribution in [-0.2, 0) is 14.4 Å². The van der Waals surface area contributed by atoms with E-state index in [1.807, 2.05) is 0 Å². The molecule has 0 aliphatic carbocycles. The first-order valence-corrected chi connectivity index (χ1v) is 9.86. The lowest BCUT2D eigenvalue weighted by Crippen LogP contribution is -2.42. The van der Waals surface area contributed by atoms with E-state index in [9.17, 15) is 14.4 Å². The Morgan fingerprint density at radius 2 is 1.38 bits per heavy atom. The van der Waals surface area contributed by atoms with Gasteiger partial charge in [0.1, 0.15) is 6.04 Å². The van der Waals surface area contributed by atoms with Gasteiger partial charge in [0, 0.05) is 6.42 Å². The molecule has 6 heteroatoms. The molecule has 0 heterocycles. The molecule has 0 spiro atoms. The monoisotopic (exact) mass is 369 g/mol. The van der Waals surface area contributed by atoms with Gasteiger partial charge in [-0.15, -0.1) is 0 Å². The predicted molar refractivity (Wildman–Crippen MR) is 102 cm³/mol. The number of aliphatic carboxylic acids is 2. The number of carbonyl (C=O) groups is 3. The second-order valence-electron chi connectivity index (χ2n) is 6.68. The van der Waals surface area contributed by atoms with Gasteiger partial charge in [0.05, 0.1) is 6.42 Å². The van der Waals surface area contributed by atoms with E-state index in [2.05, 4.69) is 24.4 Å². The van der Waals surface area contributed by atoms with Gasteiger partial charge in [0.15, 0.2) is 0 Å².